The highest BCUT2D eigenvalue weighted by Gasteiger charge is 2.50. The largest absolute Gasteiger partial charge is 0.511 e. The lowest BCUT2D eigenvalue weighted by Gasteiger charge is -2.43. The molecule has 0 fully saturated rings. The monoisotopic (exact) mass is 695 g/mol. The Morgan fingerprint density at radius 1 is 0.969 bits per heavy atom. The van der Waals surface area contributed by atoms with Crippen LogP contribution in [0.25, 0.3) is 0 Å². The first-order chi connectivity index (χ1) is 15.1. The van der Waals surface area contributed by atoms with Crippen molar-refractivity contribution >= 4 is 75.7 Å². The molecule has 1 aliphatic heterocycles. The molecule has 0 aliphatic carbocycles. The van der Waals surface area contributed by atoms with E-state index in [1.165, 1.54) is 14.2 Å². The third-order valence-electron chi connectivity index (χ3n) is 5.08. The Bertz CT molecular complexity index is 1110. The smallest absolute Gasteiger partial charge is 0.339 e. The predicted molar refractivity (Wildman–Crippen MR) is 130 cm³/mol. The van der Waals surface area contributed by atoms with Crippen LogP contribution in [0.2, 0.25) is 0 Å². The number of methoxy groups -OCH3 is 2. The number of rotatable bonds is 4. The van der Waals surface area contributed by atoms with E-state index in [0.29, 0.717) is 20.3 Å². The number of aromatic nitrogens is 2. The fourth-order valence-electron chi connectivity index (χ4n) is 3.70. The molecule has 3 heterocycles. The van der Waals surface area contributed by atoms with Crippen molar-refractivity contribution in [3.05, 3.63) is 65.1 Å². The third-order valence-corrected chi connectivity index (χ3v) is 7.22. The molecule has 0 amide bonds. The summed E-state index contributed by atoms with van der Waals surface area (Å²) in [5, 5.41) is 11.3. The standard InChI is InChI=1S/C20H17Br4N3O5/c1-27-16(14-10(23)4-8(21)6-25-14)12(19(29)31-2)18(28)13(20(30)32-3)17(27)15-11(24)5-9(22)7-26-15/h4-7,12,16-17,28H,1-3H3/t12-,16+,17+/m1/s1. The van der Waals surface area contributed by atoms with Gasteiger partial charge in [0.05, 0.1) is 43.3 Å². The van der Waals surface area contributed by atoms with Gasteiger partial charge in [0.1, 0.15) is 11.7 Å². The van der Waals surface area contributed by atoms with E-state index in [-0.39, 0.29) is 5.57 Å². The van der Waals surface area contributed by atoms with E-state index < -0.39 is 35.7 Å². The average Bonchev–Trinajstić information content (AvgIpc) is 2.74. The molecule has 0 saturated carbocycles. The Morgan fingerprint density at radius 2 is 1.50 bits per heavy atom. The van der Waals surface area contributed by atoms with Crippen LogP contribution < -0.4 is 0 Å². The lowest BCUT2D eigenvalue weighted by molar-refractivity contribution is -0.149. The van der Waals surface area contributed by atoms with Gasteiger partial charge in [-0.15, -0.1) is 0 Å². The molecule has 0 aromatic carbocycles. The summed E-state index contributed by atoms with van der Waals surface area (Å²) in [4.78, 5) is 36.3. The minimum Gasteiger partial charge on any atom is -0.511 e. The first kappa shape index (κ1) is 25.3. The summed E-state index contributed by atoms with van der Waals surface area (Å²) in [6.07, 6.45) is 3.16. The topological polar surface area (TPSA) is 102 Å². The number of hydrogen-bond donors (Lipinski definition) is 1. The van der Waals surface area contributed by atoms with Crippen molar-refractivity contribution in [2.75, 3.05) is 21.3 Å². The highest BCUT2D eigenvalue weighted by molar-refractivity contribution is 9.11. The van der Waals surface area contributed by atoms with Crippen molar-refractivity contribution < 1.29 is 24.2 Å². The minimum absolute atomic E-state index is 0.106. The number of carbonyl (C=O) groups is 2. The van der Waals surface area contributed by atoms with Crippen LogP contribution in [0.4, 0.5) is 0 Å². The molecule has 1 N–H and O–H groups in total. The summed E-state index contributed by atoms with van der Waals surface area (Å²) < 4.78 is 12.6. The first-order valence-electron chi connectivity index (χ1n) is 9.05. The number of hydrogen-bond acceptors (Lipinski definition) is 8. The lowest BCUT2D eigenvalue weighted by atomic mass is 9.82. The van der Waals surface area contributed by atoms with Crippen molar-refractivity contribution in [1.29, 1.82) is 0 Å². The van der Waals surface area contributed by atoms with Gasteiger partial charge >= 0.3 is 11.9 Å². The molecule has 0 unspecified atom stereocenters. The Kier molecular flexibility index (Phi) is 8.13. The summed E-state index contributed by atoms with van der Waals surface area (Å²) in [6, 6.07) is 1.91. The number of ether oxygens (including phenoxy) is 2. The molecule has 0 bridgehead atoms. The van der Waals surface area contributed by atoms with E-state index in [0.717, 1.165) is 8.95 Å². The molecular formula is C20H17Br4N3O5. The van der Waals surface area contributed by atoms with E-state index in [1.54, 1.807) is 36.5 Å². The zero-order valence-corrected chi connectivity index (χ0v) is 23.3. The summed E-state index contributed by atoms with van der Waals surface area (Å²) in [6.45, 7) is 0. The second kappa shape index (κ2) is 10.3. The van der Waals surface area contributed by atoms with E-state index in [2.05, 4.69) is 73.7 Å². The second-order valence-electron chi connectivity index (χ2n) is 6.85. The molecule has 0 spiro atoms. The summed E-state index contributed by atoms with van der Waals surface area (Å²) in [7, 11) is 4.14. The summed E-state index contributed by atoms with van der Waals surface area (Å²) in [5.41, 5.74) is 0.814. The molecule has 32 heavy (non-hydrogen) atoms. The molecule has 2 aromatic rings. The normalized spacial score (nSPS) is 21.4. The van der Waals surface area contributed by atoms with Crippen LogP contribution in [0.3, 0.4) is 0 Å². The first-order valence-corrected chi connectivity index (χ1v) is 12.2. The van der Waals surface area contributed by atoms with E-state index in [1.807, 2.05) is 0 Å². The van der Waals surface area contributed by atoms with Gasteiger partial charge in [0.2, 0.25) is 0 Å². The number of pyridine rings is 2. The van der Waals surface area contributed by atoms with E-state index in [4.69, 9.17) is 9.47 Å². The van der Waals surface area contributed by atoms with Crippen LogP contribution in [0.5, 0.6) is 0 Å². The number of carbonyl (C=O) groups excluding carboxylic acids is 2. The fourth-order valence-corrected chi connectivity index (χ4v) is 6.13. The van der Waals surface area contributed by atoms with Gasteiger partial charge in [-0.25, -0.2) is 4.79 Å². The Balaban J connectivity index is 2.34. The molecule has 0 radical (unpaired) electrons. The predicted octanol–water partition coefficient (Wildman–Crippen LogP) is 5.03. The Labute approximate surface area is 217 Å². The van der Waals surface area contributed by atoms with Crippen LogP contribution in [-0.4, -0.2) is 53.2 Å². The molecule has 0 saturated heterocycles. The number of likely N-dealkylation sites (N-methyl/N-ethyl adjacent to an activating group) is 1. The molecule has 1 aliphatic rings. The molecule has 3 atom stereocenters. The average molecular weight is 699 g/mol. The molecule has 12 heteroatoms. The number of esters is 2. The van der Waals surface area contributed by atoms with E-state index in [9.17, 15) is 14.7 Å². The van der Waals surface area contributed by atoms with Crippen LogP contribution >= 0.6 is 63.7 Å². The lowest BCUT2D eigenvalue weighted by Crippen LogP contribution is -2.46. The molecule has 170 valence electrons. The zero-order valence-electron chi connectivity index (χ0n) is 17.0. The van der Waals surface area contributed by atoms with Crippen LogP contribution in [0.15, 0.2) is 53.7 Å². The van der Waals surface area contributed by atoms with Crippen LogP contribution in [-0.2, 0) is 19.1 Å². The van der Waals surface area contributed by atoms with Crippen LogP contribution in [0, 0.1) is 5.92 Å². The highest BCUT2D eigenvalue weighted by atomic mass is 79.9. The maximum absolute atomic E-state index is 12.8. The zero-order chi connectivity index (χ0) is 23.7. The molecule has 2 aromatic heterocycles. The maximum Gasteiger partial charge on any atom is 0.339 e. The third kappa shape index (κ3) is 4.65. The van der Waals surface area contributed by atoms with Crippen molar-refractivity contribution in [1.82, 2.24) is 14.9 Å². The molecule has 3 rings (SSSR count). The Hall–Kier alpha value is -1.34. The van der Waals surface area contributed by atoms with Crippen molar-refractivity contribution in [3.63, 3.8) is 0 Å². The SMILES string of the molecule is COC(=O)C1=C(O)[C@H](C(=O)OC)[C@@H](c2ncc(Br)cc2Br)N(C)[C@@H]1c1ncc(Br)cc1Br. The van der Waals surface area contributed by atoms with Crippen molar-refractivity contribution in [2.45, 2.75) is 12.1 Å². The van der Waals surface area contributed by atoms with Gasteiger partial charge in [-0.2, -0.15) is 0 Å². The van der Waals surface area contributed by atoms with Gasteiger partial charge in [-0.1, -0.05) is 0 Å². The number of nitrogens with zero attached hydrogens (tertiary/aromatic N) is 3. The van der Waals surface area contributed by atoms with Crippen LogP contribution in [0.1, 0.15) is 23.5 Å². The summed E-state index contributed by atoms with van der Waals surface area (Å²) >= 11 is 13.7. The van der Waals surface area contributed by atoms with Gasteiger partial charge in [-0.05, 0) is 82.9 Å². The summed E-state index contributed by atoms with van der Waals surface area (Å²) in [5.74, 6) is -3.19. The number of halogens is 4. The highest BCUT2D eigenvalue weighted by Crippen LogP contribution is 2.49. The minimum atomic E-state index is -1.23. The molecule has 8 nitrogen and oxygen atoms in total. The van der Waals surface area contributed by atoms with Gasteiger partial charge in [-0.3, -0.25) is 19.7 Å². The second-order valence-corrected chi connectivity index (χ2v) is 10.4. The van der Waals surface area contributed by atoms with Crippen molar-refractivity contribution in [2.24, 2.45) is 5.92 Å². The van der Waals surface area contributed by atoms with E-state index >= 15 is 0 Å². The van der Waals surface area contributed by atoms with Gasteiger partial charge in [0, 0.05) is 30.3 Å². The fraction of sp³-hybridized carbons (Fsp3) is 0.300. The number of aliphatic hydroxyl groups is 1. The van der Waals surface area contributed by atoms with Gasteiger partial charge in [0.15, 0.2) is 0 Å². The maximum atomic E-state index is 12.8. The van der Waals surface area contributed by atoms with Gasteiger partial charge in [0.25, 0.3) is 0 Å². The number of aliphatic hydroxyl groups excluding tert-OH is 1. The quantitative estimate of drug-likeness (QED) is 0.444. The van der Waals surface area contributed by atoms with Crippen molar-refractivity contribution in [3.8, 4) is 0 Å². The Morgan fingerprint density at radius 3 is 1.97 bits per heavy atom. The van der Waals surface area contributed by atoms with Gasteiger partial charge < -0.3 is 14.6 Å². The molecular weight excluding hydrogens is 682 g/mol.